The summed E-state index contributed by atoms with van der Waals surface area (Å²) >= 11 is 6.40. The summed E-state index contributed by atoms with van der Waals surface area (Å²) in [7, 11) is 0. The molecule has 1 unspecified atom stereocenters. The number of nitrogens with zero attached hydrogens (tertiary/aromatic N) is 2. The van der Waals surface area contributed by atoms with Crippen molar-refractivity contribution in [2.24, 2.45) is 10.9 Å². The average molecular weight is 406 g/mol. The van der Waals surface area contributed by atoms with Crippen LogP contribution >= 0.6 is 11.6 Å². The van der Waals surface area contributed by atoms with Gasteiger partial charge in [0.15, 0.2) is 0 Å². The van der Waals surface area contributed by atoms with Crippen LogP contribution in [-0.2, 0) is 4.79 Å². The first-order chi connectivity index (χ1) is 13.2. The molecule has 0 fully saturated rings. The third-order valence-corrected chi connectivity index (χ3v) is 5.51. The molecule has 0 aromatic heterocycles. The fourth-order valence-corrected chi connectivity index (χ4v) is 3.74. The van der Waals surface area contributed by atoms with Crippen molar-refractivity contribution in [3.05, 3.63) is 39.4 Å². The first-order valence-electron chi connectivity index (χ1n) is 9.42. The van der Waals surface area contributed by atoms with Gasteiger partial charge in [-0.15, -0.1) is 0 Å². The van der Waals surface area contributed by atoms with Crippen molar-refractivity contribution in [2.45, 2.75) is 34.6 Å². The molecule has 0 radical (unpaired) electrons. The molecular weight excluding hydrogens is 378 g/mol. The summed E-state index contributed by atoms with van der Waals surface area (Å²) in [6.45, 7) is 10.6. The number of aliphatic hydroxyl groups is 1. The van der Waals surface area contributed by atoms with Crippen LogP contribution in [0.2, 0.25) is 5.02 Å². The third kappa shape index (κ3) is 4.62. The van der Waals surface area contributed by atoms with Gasteiger partial charge in [-0.25, -0.2) is 4.99 Å². The predicted molar refractivity (Wildman–Crippen MR) is 114 cm³/mol. The fourth-order valence-electron chi connectivity index (χ4n) is 3.54. The number of aliphatic hydroxyl groups excluding tert-OH is 1. The van der Waals surface area contributed by atoms with Crippen molar-refractivity contribution in [3.63, 3.8) is 0 Å². The van der Waals surface area contributed by atoms with Crippen LogP contribution in [0.4, 0.5) is 5.69 Å². The van der Waals surface area contributed by atoms with E-state index in [0.717, 1.165) is 16.8 Å². The normalized spacial score (nSPS) is 16.5. The van der Waals surface area contributed by atoms with Crippen LogP contribution < -0.4 is 10.2 Å². The van der Waals surface area contributed by atoms with Crippen LogP contribution in [0.5, 0.6) is 0 Å². The summed E-state index contributed by atoms with van der Waals surface area (Å²) in [5.74, 6) is -0.961. The van der Waals surface area contributed by atoms with Crippen LogP contribution in [0.1, 0.15) is 42.3 Å². The van der Waals surface area contributed by atoms with Gasteiger partial charge in [-0.05, 0) is 57.9 Å². The molecule has 0 spiro atoms. The highest BCUT2D eigenvalue weighted by atomic mass is 35.5. The van der Waals surface area contributed by atoms with E-state index >= 15 is 0 Å². The first kappa shape index (κ1) is 22.1. The molecule has 1 aliphatic heterocycles. The summed E-state index contributed by atoms with van der Waals surface area (Å²) < 4.78 is 0. The average Bonchev–Trinajstić information content (AvgIpc) is 2.62. The quantitative estimate of drug-likeness (QED) is 0.730. The molecular formula is C21H28ClN3O3. The topological polar surface area (TPSA) is 82.0 Å². The Hall–Kier alpha value is -2.18. The number of benzene rings is 1. The summed E-state index contributed by atoms with van der Waals surface area (Å²) in [6.07, 6.45) is 1.86. The van der Waals surface area contributed by atoms with Gasteiger partial charge < -0.3 is 15.3 Å². The van der Waals surface area contributed by atoms with E-state index in [1.54, 1.807) is 13.8 Å². The maximum absolute atomic E-state index is 13.0. The second kappa shape index (κ2) is 9.34. The van der Waals surface area contributed by atoms with Gasteiger partial charge in [-0.3, -0.25) is 9.59 Å². The van der Waals surface area contributed by atoms with Crippen molar-refractivity contribution in [3.8, 4) is 0 Å². The van der Waals surface area contributed by atoms with Crippen molar-refractivity contribution < 1.29 is 14.7 Å². The molecule has 1 aromatic rings. The number of nitrogens with one attached hydrogen (secondary N) is 1. The van der Waals surface area contributed by atoms with E-state index < -0.39 is 5.92 Å². The minimum atomic E-state index is -0.451. The van der Waals surface area contributed by atoms with Crippen LogP contribution in [0.15, 0.2) is 22.7 Å². The molecule has 7 heteroatoms. The Kier molecular flexibility index (Phi) is 7.38. The van der Waals surface area contributed by atoms with E-state index in [1.807, 2.05) is 37.8 Å². The molecule has 0 aliphatic carbocycles. The van der Waals surface area contributed by atoms with Gasteiger partial charge in [0, 0.05) is 41.6 Å². The molecule has 152 valence electrons. The van der Waals surface area contributed by atoms with Crippen LogP contribution in [0.3, 0.4) is 0 Å². The number of likely N-dealkylation sites (N-methyl/N-ethyl adjacent to an activating group) is 1. The molecule has 28 heavy (non-hydrogen) atoms. The van der Waals surface area contributed by atoms with E-state index in [1.165, 1.54) is 0 Å². The molecule has 1 heterocycles. The maximum Gasteiger partial charge on any atom is 0.254 e. The lowest BCUT2D eigenvalue weighted by atomic mass is 9.95. The Balaban J connectivity index is 2.29. The van der Waals surface area contributed by atoms with Crippen molar-refractivity contribution in [1.29, 1.82) is 0 Å². The molecule has 0 bridgehead atoms. The smallest absolute Gasteiger partial charge is 0.254 e. The second-order valence-electron chi connectivity index (χ2n) is 7.05. The second-order valence-corrected chi connectivity index (χ2v) is 7.46. The number of aliphatic imine (C=N–C) groups is 1. The monoisotopic (exact) mass is 405 g/mol. The van der Waals surface area contributed by atoms with Gasteiger partial charge in [-0.1, -0.05) is 17.2 Å². The molecule has 6 nitrogen and oxygen atoms in total. The Labute approximate surface area is 171 Å². The van der Waals surface area contributed by atoms with Gasteiger partial charge in [0.25, 0.3) is 11.8 Å². The number of dihydropyridines is 1. The zero-order valence-electron chi connectivity index (χ0n) is 17.1. The van der Waals surface area contributed by atoms with Gasteiger partial charge in [0.05, 0.1) is 12.5 Å². The van der Waals surface area contributed by atoms with Crippen molar-refractivity contribution >= 4 is 34.8 Å². The van der Waals surface area contributed by atoms with Crippen molar-refractivity contribution in [1.82, 2.24) is 5.32 Å². The Bertz CT molecular complexity index is 846. The maximum atomic E-state index is 13.0. The minimum Gasteiger partial charge on any atom is -0.395 e. The fraction of sp³-hybridized carbons (Fsp3) is 0.476. The molecule has 1 aliphatic rings. The number of halogens is 1. The standard InChI is InChI=1S/C21H28ClN3O3/c1-6-25(7-8-26)18-10-17(22)14(4)19(15(18)5)21(28)23-11-16-12(2)9-13(3)24-20(16)27/h9-10,16,26H,6-8,11H2,1-5H3,(H,23,28). The summed E-state index contributed by atoms with van der Waals surface area (Å²) in [4.78, 5) is 31.1. The summed E-state index contributed by atoms with van der Waals surface area (Å²) in [5, 5.41) is 12.7. The Morgan fingerprint density at radius 3 is 2.54 bits per heavy atom. The van der Waals surface area contributed by atoms with E-state index in [4.69, 9.17) is 11.6 Å². The lowest BCUT2D eigenvalue weighted by Gasteiger charge is -2.27. The number of allylic oxidation sites excluding steroid dienone is 1. The van der Waals surface area contributed by atoms with Crippen molar-refractivity contribution in [2.75, 3.05) is 31.1 Å². The highest BCUT2D eigenvalue weighted by Crippen LogP contribution is 2.32. The van der Waals surface area contributed by atoms with E-state index in [2.05, 4.69) is 10.3 Å². The van der Waals surface area contributed by atoms with Gasteiger partial charge >= 0.3 is 0 Å². The predicted octanol–water partition coefficient (Wildman–Crippen LogP) is 3.07. The number of amides is 2. The van der Waals surface area contributed by atoms with Gasteiger partial charge in [-0.2, -0.15) is 0 Å². The van der Waals surface area contributed by atoms with E-state index in [-0.39, 0.29) is 25.0 Å². The molecule has 2 N–H and O–H groups in total. The largest absolute Gasteiger partial charge is 0.395 e. The number of carbonyl (C=O) groups is 2. The first-order valence-corrected chi connectivity index (χ1v) is 9.80. The lowest BCUT2D eigenvalue weighted by molar-refractivity contribution is -0.120. The zero-order chi connectivity index (χ0) is 21.0. The molecule has 0 saturated carbocycles. The molecule has 0 saturated heterocycles. The highest BCUT2D eigenvalue weighted by molar-refractivity contribution is 6.32. The summed E-state index contributed by atoms with van der Waals surface area (Å²) in [6, 6.07) is 1.83. The zero-order valence-corrected chi connectivity index (χ0v) is 17.9. The molecule has 1 atom stereocenters. The van der Waals surface area contributed by atoms with Crippen LogP contribution in [0, 0.1) is 19.8 Å². The molecule has 2 rings (SSSR count). The summed E-state index contributed by atoms with van der Waals surface area (Å²) in [5.41, 5.74) is 4.38. The minimum absolute atomic E-state index is 0.00957. The van der Waals surface area contributed by atoms with E-state index in [0.29, 0.717) is 35.0 Å². The van der Waals surface area contributed by atoms with Crippen LogP contribution in [-0.4, -0.2) is 48.9 Å². The van der Waals surface area contributed by atoms with E-state index in [9.17, 15) is 14.7 Å². The lowest BCUT2D eigenvalue weighted by Crippen LogP contribution is -2.35. The number of carbonyl (C=O) groups excluding carboxylic acids is 2. The number of rotatable bonds is 7. The third-order valence-electron chi connectivity index (χ3n) is 5.11. The number of hydrogen-bond acceptors (Lipinski definition) is 4. The van der Waals surface area contributed by atoms with Gasteiger partial charge in [0.2, 0.25) is 0 Å². The SMILES string of the molecule is CCN(CCO)c1cc(Cl)c(C)c(C(=O)NCC2C(=O)N=C(C)C=C2C)c1C. The highest BCUT2D eigenvalue weighted by Gasteiger charge is 2.26. The van der Waals surface area contributed by atoms with Crippen LogP contribution in [0.25, 0.3) is 0 Å². The molecule has 2 amide bonds. The number of hydrogen-bond donors (Lipinski definition) is 2. The van der Waals surface area contributed by atoms with Gasteiger partial charge in [0.1, 0.15) is 0 Å². The Morgan fingerprint density at radius 1 is 1.29 bits per heavy atom. The number of anilines is 1. The Morgan fingerprint density at radius 2 is 1.96 bits per heavy atom. The molecule has 1 aromatic carbocycles.